The number of nitriles is 1. The van der Waals surface area contributed by atoms with Crippen LogP contribution in [0.25, 0.3) is 0 Å². The maximum Gasteiger partial charge on any atom is 0.101 e. The molecule has 1 aromatic carbocycles. The third-order valence-electron chi connectivity index (χ3n) is 4.54. The van der Waals surface area contributed by atoms with Crippen molar-refractivity contribution in [3.63, 3.8) is 0 Å². The van der Waals surface area contributed by atoms with Gasteiger partial charge in [-0.15, -0.1) is 0 Å². The number of likely N-dealkylation sites (tertiary alicyclic amines) is 1. The maximum atomic E-state index is 9.25. The second-order valence-corrected chi connectivity index (χ2v) is 6.12. The molecule has 2 heterocycles. The van der Waals surface area contributed by atoms with Gasteiger partial charge in [0.25, 0.3) is 0 Å². The quantitative estimate of drug-likeness (QED) is 0.837. The van der Waals surface area contributed by atoms with E-state index in [1.807, 2.05) is 18.2 Å². The number of hydrogen-bond acceptors (Lipinski definition) is 3. The van der Waals surface area contributed by atoms with Gasteiger partial charge in [0, 0.05) is 19.1 Å². The van der Waals surface area contributed by atoms with E-state index < -0.39 is 0 Å². The molecule has 0 unspecified atom stereocenters. The van der Waals surface area contributed by atoms with Crippen molar-refractivity contribution in [2.45, 2.75) is 31.7 Å². The third kappa shape index (κ3) is 2.63. The van der Waals surface area contributed by atoms with Gasteiger partial charge < -0.3 is 9.80 Å². The van der Waals surface area contributed by atoms with Gasteiger partial charge in [-0.05, 0) is 50.9 Å². The first-order valence-corrected chi connectivity index (χ1v) is 7.85. The Morgan fingerprint density at radius 3 is 2.45 bits per heavy atom. The van der Waals surface area contributed by atoms with Gasteiger partial charge in [0.15, 0.2) is 0 Å². The van der Waals surface area contributed by atoms with Gasteiger partial charge >= 0.3 is 0 Å². The van der Waals surface area contributed by atoms with Gasteiger partial charge in [0.1, 0.15) is 6.07 Å². The van der Waals surface area contributed by atoms with E-state index in [0.29, 0.717) is 10.6 Å². The smallest absolute Gasteiger partial charge is 0.101 e. The number of piperidine rings is 1. The van der Waals surface area contributed by atoms with Crippen LogP contribution >= 0.6 is 11.6 Å². The summed E-state index contributed by atoms with van der Waals surface area (Å²) in [5.41, 5.74) is 1.62. The van der Waals surface area contributed by atoms with E-state index >= 15 is 0 Å². The van der Waals surface area contributed by atoms with Gasteiger partial charge in [0.05, 0.1) is 16.3 Å². The maximum absolute atomic E-state index is 9.25. The zero-order valence-corrected chi connectivity index (χ0v) is 12.4. The van der Waals surface area contributed by atoms with E-state index in [2.05, 4.69) is 15.9 Å². The Hall–Kier alpha value is -1.24. The molecule has 0 spiro atoms. The van der Waals surface area contributed by atoms with Crippen molar-refractivity contribution in [2.24, 2.45) is 0 Å². The summed E-state index contributed by atoms with van der Waals surface area (Å²) in [4.78, 5) is 4.92. The van der Waals surface area contributed by atoms with Crippen LogP contribution in [0, 0.1) is 11.3 Å². The molecule has 1 aromatic rings. The van der Waals surface area contributed by atoms with E-state index in [4.69, 9.17) is 11.6 Å². The summed E-state index contributed by atoms with van der Waals surface area (Å²) in [6.07, 6.45) is 5.05. The SMILES string of the molecule is N#Cc1cccc(Cl)c1N1CCC(N2CCCC2)CC1. The Bertz CT molecular complexity index is 509. The average Bonchev–Trinajstić information content (AvgIpc) is 3.01. The number of hydrogen-bond donors (Lipinski definition) is 0. The number of halogens is 1. The summed E-state index contributed by atoms with van der Waals surface area (Å²) in [6, 6.07) is 8.57. The van der Waals surface area contributed by atoms with Crippen LogP contribution in [0.15, 0.2) is 18.2 Å². The second-order valence-electron chi connectivity index (χ2n) is 5.71. The summed E-state index contributed by atoms with van der Waals surface area (Å²) in [5.74, 6) is 0. The average molecular weight is 290 g/mol. The van der Waals surface area contributed by atoms with Gasteiger partial charge in [-0.3, -0.25) is 0 Å². The topological polar surface area (TPSA) is 30.3 Å². The highest BCUT2D eigenvalue weighted by atomic mass is 35.5. The zero-order chi connectivity index (χ0) is 13.9. The van der Waals surface area contributed by atoms with E-state index in [-0.39, 0.29) is 0 Å². The Morgan fingerprint density at radius 2 is 1.80 bits per heavy atom. The molecule has 4 heteroatoms. The minimum atomic E-state index is 0.692. The first-order valence-electron chi connectivity index (χ1n) is 7.47. The lowest BCUT2D eigenvalue weighted by atomic mass is 10.0. The van der Waals surface area contributed by atoms with Crippen molar-refractivity contribution in [1.29, 1.82) is 5.26 Å². The number of anilines is 1. The number of rotatable bonds is 2. The van der Waals surface area contributed by atoms with E-state index in [1.54, 1.807) is 0 Å². The van der Waals surface area contributed by atoms with Crippen LogP contribution in [-0.2, 0) is 0 Å². The predicted octanol–water partition coefficient (Wildman–Crippen LogP) is 3.28. The highest BCUT2D eigenvalue weighted by molar-refractivity contribution is 6.33. The molecule has 2 aliphatic rings. The van der Waals surface area contributed by atoms with Gasteiger partial charge in [-0.25, -0.2) is 0 Å². The molecule has 0 saturated carbocycles. The normalized spacial score (nSPS) is 21.1. The molecule has 3 rings (SSSR count). The van der Waals surface area contributed by atoms with Crippen LogP contribution in [-0.4, -0.2) is 37.1 Å². The molecule has 0 bridgehead atoms. The molecule has 2 aliphatic heterocycles. The lowest BCUT2D eigenvalue weighted by Gasteiger charge is -2.38. The van der Waals surface area contributed by atoms with Crippen LogP contribution in [0.4, 0.5) is 5.69 Å². The van der Waals surface area contributed by atoms with Crippen LogP contribution in [0.3, 0.4) is 0 Å². The molecule has 0 atom stereocenters. The molecule has 106 valence electrons. The summed E-state index contributed by atoms with van der Waals surface area (Å²) in [5, 5.41) is 9.95. The first-order chi connectivity index (χ1) is 9.79. The lowest BCUT2D eigenvalue weighted by molar-refractivity contribution is 0.208. The van der Waals surface area contributed by atoms with Crippen molar-refractivity contribution >= 4 is 17.3 Å². The van der Waals surface area contributed by atoms with Gasteiger partial charge in [0.2, 0.25) is 0 Å². The van der Waals surface area contributed by atoms with Crippen molar-refractivity contribution in [3.05, 3.63) is 28.8 Å². The lowest BCUT2D eigenvalue weighted by Crippen LogP contribution is -2.44. The molecule has 0 aliphatic carbocycles. The molecule has 0 radical (unpaired) electrons. The molecule has 0 aromatic heterocycles. The van der Waals surface area contributed by atoms with Crippen LogP contribution in [0.5, 0.6) is 0 Å². The Morgan fingerprint density at radius 1 is 1.10 bits per heavy atom. The first kappa shape index (κ1) is 13.7. The van der Waals surface area contributed by atoms with Crippen LogP contribution in [0.2, 0.25) is 5.02 Å². The number of benzene rings is 1. The van der Waals surface area contributed by atoms with Gasteiger partial charge in [-0.1, -0.05) is 17.7 Å². The fraction of sp³-hybridized carbons (Fsp3) is 0.562. The number of nitrogens with zero attached hydrogens (tertiary/aromatic N) is 3. The zero-order valence-electron chi connectivity index (χ0n) is 11.7. The fourth-order valence-electron chi connectivity index (χ4n) is 3.49. The van der Waals surface area contributed by atoms with Crippen molar-refractivity contribution in [1.82, 2.24) is 4.90 Å². The number of para-hydroxylation sites is 1. The largest absolute Gasteiger partial charge is 0.369 e. The van der Waals surface area contributed by atoms with Gasteiger partial charge in [-0.2, -0.15) is 5.26 Å². The van der Waals surface area contributed by atoms with E-state index in [1.165, 1.54) is 38.8 Å². The monoisotopic (exact) mass is 289 g/mol. The fourth-order valence-corrected chi connectivity index (χ4v) is 3.78. The van der Waals surface area contributed by atoms with E-state index in [9.17, 15) is 5.26 Å². The minimum Gasteiger partial charge on any atom is -0.369 e. The molecule has 2 saturated heterocycles. The van der Waals surface area contributed by atoms with Crippen molar-refractivity contribution in [2.75, 3.05) is 31.1 Å². The summed E-state index contributed by atoms with van der Waals surface area (Å²) >= 11 is 6.30. The molecular weight excluding hydrogens is 270 g/mol. The molecule has 3 nitrogen and oxygen atoms in total. The molecule has 0 amide bonds. The van der Waals surface area contributed by atoms with E-state index in [0.717, 1.165) is 24.8 Å². The molecule has 0 N–H and O–H groups in total. The molecular formula is C16H20ClN3. The summed E-state index contributed by atoms with van der Waals surface area (Å²) < 4.78 is 0. The Kier molecular flexibility index (Phi) is 4.14. The minimum absolute atomic E-state index is 0.692. The highest BCUT2D eigenvalue weighted by Crippen LogP contribution is 2.32. The molecule has 20 heavy (non-hydrogen) atoms. The summed E-state index contributed by atoms with van der Waals surface area (Å²) in [7, 11) is 0. The molecule has 2 fully saturated rings. The second kappa shape index (κ2) is 6.03. The van der Waals surface area contributed by atoms with Crippen molar-refractivity contribution in [3.8, 4) is 6.07 Å². The highest BCUT2D eigenvalue weighted by Gasteiger charge is 2.27. The standard InChI is InChI=1S/C16H20ClN3/c17-15-5-3-4-13(12-18)16(15)20-10-6-14(7-11-20)19-8-1-2-9-19/h3-5,14H,1-2,6-11H2. The Labute approximate surface area is 125 Å². The van der Waals surface area contributed by atoms with Crippen LogP contribution < -0.4 is 4.90 Å². The third-order valence-corrected chi connectivity index (χ3v) is 4.85. The Balaban J connectivity index is 1.70. The summed E-state index contributed by atoms with van der Waals surface area (Å²) in [6.45, 7) is 4.53. The van der Waals surface area contributed by atoms with Crippen molar-refractivity contribution < 1.29 is 0 Å². The predicted molar refractivity (Wildman–Crippen MR) is 82.2 cm³/mol. The van der Waals surface area contributed by atoms with Crippen LogP contribution in [0.1, 0.15) is 31.2 Å².